The number of aliphatic hydroxyl groups is 1. The van der Waals surface area contributed by atoms with Crippen molar-refractivity contribution in [3.8, 4) is 17.1 Å². The third-order valence-electron chi connectivity index (χ3n) is 7.65. The van der Waals surface area contributed by atoms with Crippen molar-refractivity contribution >= 4 is 35.5 Å². The van der Waals surface area contributed by atoms with Crippen molar-refractivity contribution in [2.45, 2.75) is 52.0 Å². The molecule has 184 valence electrons. The van der Waals surface area contributed by atoms with Crippen molar-refractivity contribution in [2.75, 3.05) is 14.1 Å². The van der Waals surface area contributed by atoms with Gasteiger partial charge in [-0.05, 0) is 32.4 Å². The maximum atomic E-state index is 15.1. The fourth-order valence-corrected chi connectivity index (χ4v) is 5.15. The van der Waals surface area contributed by atoms with E-state index in [4.69, 9.17) is 13.9 Å². The van der Waals surface area contributed by atoms with Gasteiger partial charge in [0, 0.05) is 30.1 Å². The summed E-state index contributed by atoms with van der Waals surface area (Å²) in [4.78, 5) is 30.5. The largest absolute Gasteiger partial charge is 0.458 e. The summed E-state index contributed by atoms with van der Waals surface area (Å²) in [6.07, 6.45) is 0.0585. The minimum atomic E-state index is -1.90. The molecule has 10 heteroatoms. The highest BCUT2D eigenvalue weighted by atomic mass is 32.1. The van der Waals surface area contributed by atoms with Gasteiger partial charge in [-0.15, -0.1) is 0 Å². The lowest BCUT2D eigenvalue weighted by Crippen LogP contribution is -2.47. The number of carbonyl (C=O) groups excluding carboxylic acids is 1. The number of pyridine rings is 2. The van der Waals surface area contributed by atoms with Crippen LogP contribution in [0.1, 0.15) is 43.9 Å². The molecule has 0 saturated carbocycles. The molecule has 3 aromatic rings. The van der Waals surface area contributed by atoms with Gasteiger partial charge in [0.15, 0.2) is 17.1 Å². The van der Waals surface area contributed by atoms with E-state index in [-0.39, 0.29) is 48.0 Å². The topological polar surface area (TPSA) is 90.7 Å². The van der Waals surface area contributed by atoms with Crippen LogP contribution in [0.25, 0.3) is 22.3 Å². The first-order chi connectivity index (χ1) is 16.4. The number of thiol groups is 1. The van der Waals surface area contributed by atoms with Gasteiger partial charge in [-0.25, -0.2) is 14.2 Å². The molecule has 8 nitrogen and oxygen atoms in total. The second-order valence-corrected chi connectivity index (χ2v) is 10.1. The van der Waals surface area contributed by atoms with E-state index < -0.39 is 17.4 Å². The number of aromatic nitrogens is 2. The van der Waals surface area contributed by atoms with E-state index in [0.717, 1.165) is 5.56 Å². The summed E-state index contributed by atoms with van der Waals surface area (Å²) in [6.45, 7) is 5.76. The minimum absolute atomic E-state index is 0.0353. The number of carbonyl (C=O) groups is 1. The molecule has 0 spiro atoms. The first-order valence-electron chi connectivity index (χ1n) is 11.4. The van der Waals surface area contributed by atoms with Crippen LogP contribution in [0.2, 0.25) is 0 Å². The monoisotopic (exact) mass is 500 g/mol. The number of quaternary nitrogens is 1. The first-order valence-corrected chi connectivity index (χ1v) is 11.8. The lowest BCUT2D eigenvalue weighted by atomic mass is 9.86. The summed E-state index contributed by atoms with van der Waals surface area (Å²) in [5.41, 5.74) is 1.00. The van der Waals surface area contributed by atoms with Gasteiger partial charge in [0.2, 0.25) is 5.75 Å². The summed E-state index contributed by atoms with van der Waals surface area (Å²) < 4.78 is 27.3. The van der Waals surface area contributed by atoms with Crippen LogP contribution in [0.4, 0.5) is 10.1 Å². The van der Waals surface area contributed by atoms with E-state index in [1.807, 2.05) is 34.0 Å². The third kappa shape index (κ3) is 3.16. The molecular weight excluding hydrogens is 473 g/mol. The van der Waals surface area contributed by atoms with Crippen molar-refractivity contribution in [3.05, 3.63) is 51.1 Å². The van der Waals surface area contributed by atoms with Gasteiger partial charge in [0.1, 0.15) is 6.61 Å². The average molecular weight is 501 g/mol. The van der Waals surface area contributed by atoms with Crippen LogP contribution in [0.5, 0.6) is 5.75 Å². The average Bonchev–Trinajstić information content (AvgIpc) is 3.17. The SMILES string of the molecule is CC[C@@]1(O)C(=O)OCc2c1cc1n(c2=O)Cc2cc3c([N+](C)(C)C(C)C)c(OS)c(F)cc3nc2-1. The van der Waals surface area contributed by atoms with E-state index in [0.29, 0.717) is 32.5 Å². The fraction of sp³-hybridized carbons (Fsp3) is 0.400. The van der Waals surface area contributed by atoms with Gasteiger partial charge in [-0.3, -0.25) is 9.28 Å². The van der Waals surface area contributed by atoms with E-state index >= 15 is 4.39 Å². The van der Waals surface area contributed by atoms with E-state index in [2.05, 4.69) is 12.9 Å². The maximum Gasteiger partial charge on any atom is 0.343 e. The highest BCUT2D eigenvalue weighted by Gasteiger charge is 2.45. The molecule has 0 fully saturated rings. The first kappa shape index (κ1) is 23.8. The number of hydrogen-bond acceptors (Lipinski definition) is 7. The molecule has 2 aliphatic rings. The molecule has 2 aromatic heterocycles. The van der Waals surface area contributed by atoms with Gasteiger partial charge in [0.25, 0.3) is 5.56 Å². The van der Waals surface area contributed by atoms with Crippen molar-refractivity contribution in [1.29, 1.82) is 0 Å². The number of ether oxygens (including phenoxy) is 1. The Morgan fingerprint density at radius 3 is 2.66 bits per heavy atom. The molecule has 1 atom stereocenters. The normalized spacial score (nSPS) is 18.9. The molecular formula is C25H27FN3O5S+. The maximum absolute atomic E-state index is 15.1. The molecule has 0 unspecified atom stereocenters. The fourth-order valence-electron chi connectivity index (χ4n) is 4.97. The predicted octanol–water partition coefficient (Wildman–Crippen LogP) is 3.42. The number of esters is 1. The zero-order chi connectivity index (χ0) is 25.4. The Morgan fingerprint density at radius 2 is 2.03 bits per heavy atom. The van der Waals surface area contributed by atoms with Crippen molar-refractivity contribution in [2.24, 2.45) is 0 Å². The Bertz CT molecular complexity index is 1480. The van der Waals surface area contributed by atoms with E-state index in [9.17, 15) is 14.7 Å². The number of nitrogens with zero attached hydrogens (tertiary/aromatic N) is 3. The molecule has 5 rings (SSSR count). The zero-order valence-corrected chi connectivity index (χ0v) is 21.1. The molecule has 0 aliphatic carbocycles. The second kappa shape index (κ2) is 7.78. The Morgan fingerprint density at radius 1 is 1.31 bits per heavy atom. The molecule has 0 bridgehead atoms. The Kier molecular flexibility index (Phi) is 5.28. The van der Waals surface area contributed by atoms with Crippen LogP contribution in [-0.2, 0) is 28.3 Å². The molecule has 0 radical (unpaired) electrons. The van der Waals surface area contributed by atoms with Crippen LogP contribution >= 0.6 is 12.9 Å². The lowest BCUT2D eigenvalue weighted by molar-refractivity contribution is -0.172. The Hall–Kier alpha value is -2.95. The number of rotatable bonds is 4. The van der Waals surface area contributed by atoms with Crippen LogP contribution < -0.4 is 14.2 Å². The molecule has 1 aromatic carbocycles. The van der Waals surface area contributed by atoms with Crippen molar-refractivity contribution < 1.29 is 23.2 Å². The van der Waals surface area contributed by atoms with Crippen molar-refractivity contribution in [1.82, 2.24) is 14.0 Å². The van der Waals surface area contributed by atoms with Crippen LogP contribution in [-0.4, -0.2) is 40.8 Å². The molecule has 2 aliphatic heterocycles. The second-order valence-electron chi connectivity index (χ2n) is 9.93. The minimum Gasteiger partial charge on any atom is -0.458 e. The van der Waals surface area contributed by atoms with E-state index in [1.54, 1.807) is 17.6 Å². The zero-order valence-electron chi connectivity index (χ0n) is 20.2. The number of fused-ring (bicyclic) bond motifs is 5. The molecule has 1 N–H and O–H groups in total. The Labute approximate surface area is 207 Å². The van der Waals surface area contributed by atoms with Crippen molar-refractivity contribution in [3.63, 3.8) is 0 Å². The van der Waals surface area contributed by atoms with Gasteiger partial charge in [0.05, 0.1) is 54.5 Å². The summed E-state index contributed by atoms with van der Waals surface area (Å²) in [7, 11) is 3.91. The molecule has 0 amide bonds. The van der Waals surface area contributed by atoms with E-state index in [1.165, 1.54) is 6.07 Å². The highest BCUT2D eigenvalue weighted by Crippen LogP contribution is 2.45. The lowest BCUT2D eigenvalue weighted by Gasteiger charge is -2.35. The summed E-state index contributed by atoms with van der Waals surface area (Å²) in [5.74, 6) is -1.33. The number of halogens is 1. The Balaban J connectivity index is 1.81. The third-order valence-corrected chi connectivity index (χ3v) is 7.84. The van der Waals surface area contributed by atoms with Gasteiger partial charge in [-0.2, -0.15) is 0 Å². The number of benzene rings is 1. The van der Waals surface area contributed by atoms with Gasteiger partial charge < -0.3 is 18.6 Å². The highest BCUT2D eigenvalue weighted by molar-refractivity contribution is 7.75. The summed E-state index contributed by atoms with van der Waals surface area (Å²) in [6, 6.07) is 4.93. The molecule has 4 heterocycles. The van der Waals surface area contributed by atoms with Crippen LogP contribution in [0, 0.1) is 5.82 Å². The predicted molar refractivity (Wildman–Crippen MR) is 133 cm³/mol. The summed E-state index contributed by atoms with van der Waals surface area (Å²) >= 11 is 3.91. The molecule has 0 saturated heterocycles. The van der Waals surface area contributed by atoms with Gasteiger partial charge in [-0.1, -0.05) is 6.92 Å². The van der Waals surface area contributed by atoms with Gasteiger partial charge >= 0.3 is 5.97 Å². The smallest absolute Gasteiger partial charge is 0.343 e. The summed E-state index contributed by atoms with van der Waals surface area (Å²) in [5, 5.41) is 11.7. The number of cyclic esters (lactones) is 1. The van der Waals surface area contributed by atoms with Crippen LogP contribution in [0.3, 0.4) is 0 Å². The van der Waals surface area contributed by atoms with Crippen LogP contribution in [0.15, 0.2) is 23.0 Å². The number of hydrogen-bond donors (Lipinski definition) is 2. The molecule has 35 heavy (non-hydrogen) atoms. The standard InChI is InChI=1S/C25H26FN3O5S/c1-6-25(32)16-8-19-20-13(10-28(19)23(30)15(16)11-33-24(25)31)7-14-18(27-20)9-17(26)22(34-35)21(14)29(4,5)12(2)3/h7-9,12,32H,6,10-11H2,1-5H3/p+1/t25-/m0/s1. The quantitative estimate of drug-likeness (QED) is 0.193.